The Bertz CT molecular complexity index is 191. The van der Waals surface area contributed by atoms with Crippen LogP contribution < -0.4 is 11.1 Å². The number of carbonyl (C=O) groups excluding carboxylic acids is 1. The fourth-order valence-electron chi connectivity index (χ4n) is 1.59. The standard InChI is InChI=1S/C12H26N2O2/c1-5-10(6-2)11(13)7-14-12(15)8-16-9(3)4/h9-11H,5-8,13H2,1-4H3,(H,14,15). The molecule has 4 nitrogen and oxygen atoms in total. The summed E-state index contributed by atoms with van der Waals surface area (Å²) in [5.74, 6) is 0.390. The van der Waals surface area contributed by atoms with E-state index in [1.165, 1.54) is 0 Å². The summed E-state index contributed by atoms with van der Waals surface area (Å²) < 4.78 is 5.20. The lowest BCUT2D eigenvalue weighted by Gasteiger charge is -2.21. The number of hydrogen-bond donors (Lipinski definition) is 2. The molecule has 0 saturated carbocycles. The van der Waals surface area contributed by atoms with Crippen LogP contribution in [0.4, 0.5) is 0 Å². The monoisotopic (exact) mass is 230 g/mol. The number of nitrogens with two attached hydrogens (primary N) is 1. The van der Waals surface area contributed by atoms with Crippen molar-refractivity contribution in [2.75, 3.05) is 13.2 Å². The highest BCUT2D eigenvalue weighted by atomic mass is 16.5. The normalized spacial score (nSPS) is 13.2. The predicted octanol–water partition coefficient (Wildman–Crippen LogP) is 1.29. The first kappa shape index (κ1) is 15.4. The molecule has 0 aromatic rings. The Morgan fingerprint density at radius 2 is 1.88 bits per heavy atom. The summed E-state index contributed by atoms with van der Waals surface area (Å²) in [7, 11) is 0. The smallest absolute Gasteiger partial charge is 0.246 e. The molecule has 1 atom stereocenters. The maximum atomic E-state index is 11.4. The zero-order valence-electron chi connectivity index (χ0n) is 11.0. The van der Waals surface area contributed by atoms with Crippen molar-refractivity contribution >= 4 is 5.91 Å². The van der Waals surface area contributed by atoms with Crippen LogP contribution in [0.25, 0.3) is 0 Å². The van der Waals surface area contributed by atoms with Gasteiger partial charge < -0.3 is 15.8 Å². The van der Waals surface area contributed by atoms with E-state index < -0.39 is 0 Å². The van der Waals surface area contributed by atoms with Crippen LogP contribution in [0.3, 0.4) is 0 Å². The molecule has 0 rings (SSSR count). The van der Waals surface area contributed by atoms with Crippen molar-refractivity contribution in [3.05, 3.63) is 0 Å². The van der Waals surface area contributed by atoms with Gasteiger partial charge in [0.2, 0.25) is 5.91 Å². The van der Waals surface area contributed by atoms with Gasteiger partial charge in [0, 0.05) is 12.6 Å². The zero-order valence-corrected chi connectivity index (χ0v) is 11.0. The fraction of sp³-hybridized carbons (Fsp3) is 0.917. The van der Waals surface area contributed by atoms with Crippen molar-refractivity contribution in [1.29, 1.82) is 0 Å². The van der Waals surface area contributed by atoms with Crippen LogP contribution in [-0.4, -0.2) is 31.2 Å². The summed E-state index contributed by atoms with van der Waals surface area (Å²) in [5, 5.41) is 2.80. The molecule has 0 aromatic carbocycles. The molecule has 0 bridgehead atoms. The van der Waals surface area contributed by atoms with Gasteiger partial charge in [-0.25, -0.2) is 0 Å². The molecule has 0 spiro atoms. The molecule has 1 amide bonds. The average Bonchev–Trinajstić information content (AvgIpc) is 2.25. The third-order valence-electron chi connectivity index (χ3n) is 2.74. The van der Waals surface area contributed by atoms with Crippen LogP contribution in [0, 0.1) is 5.92 Å². The van der Waals surface area contributed by atoms with Crippen molar-refractivity contribution in [2.24, 2.45) is 11.7 Å². The van der Waals surface area contributed by atoms with Gasteiger partial charge >= 0.3 is 0 Å². The highest BCUT2D eigenvalue weighted by Gasteiger charge is 2.14. The lowest BCUT2D eigenvalue weighted by Crippen LogP contribution is -2.43. The van der Waals surface area contributed by atoms with E-state index in [0.29, 0.717) is 12.5 Å². The molecule has 0 aliphatic carbocycles. The Kier molecular flexibility index (Phi) is 8.21. The molecule has 4 heteroatoms. The van der Waals surface area contributed by atoms with Crippen LogP contribution in [0.5, 0.6) is 0 Å². The van der Waals surface area contributed by atoms with Gasteiger partial charge in [-0.05, 0) is 19.8 Å². The maximum absolute atomic E-state index is 11.4. The Morgan fingerprint density at radius 1 is 1.31 bits per heavy atom. The highest BCUT2D eigenvalue weighted by Crippen LogP contribution is 2.10. The van der Waals surface area contributed by atoms with Crippen LogP contribution in [-0.2, 0) is 9.53 Å². The second-order valence-electron chi connectivity index (χ2n) is 4.40. The van der Waals surface area contributed by atoms with E-state index in [0.717, 1.165) is 12.8 Å². The van der Waals surface area contributed by atoms with Crippen molar-refractivity contribution < 1.29 is 9.53 Å². The molecule has 0 saturated heterocycles. The predicted molar refractivity (Wildman–Crippen MR) is 66.1 cm³/mol. The first-order valence-corrected chi connectivity index (χ1v) is 6.15. The summed E-state index contributed by atoms with van der Waals surface area (Å²) >= 11 is 0. The average molecular weight is 230 g/mol. The fourth-order valence-corrected chi connectivity index (χ4v) is 1.59. The zero-order chi connectivity index (χ0) is 12.6. The van der Waals surface area contributed by atoms with Crippen LogP contribution >= 0.6 is 0 Å². The minimum Gasteiger partial charge on any atom is -0.369 e. The van der Waals surface area contributed by atoms with Crippen LogP contribution in [0.2, 0.25) is 0 Å². The summed E-state index contributed by atoms with van der Waals surface area (Å²) in [6.45, 7) is 8.71. The molecule has 0 radical (unpaired) electrons. The van der Waals surface area contributed by atoms with Gasteiger partial charge in [0.1, 0.15) is 6.61 Å². The molecule has 96 valence electrons. The van der Waals surface area contributed by atoms with Gasteiger partial charge in [-0.1, -0.05) is 26.7 Å². The minimum absolute atomic E-state index is 0.0398. The first-order chi connectivity index (χ1) is 7.51. The molecule has 0 aromatic heterocycles. The van der Waals surface area contributed by atoms with Gasteiger partial charge in [-0.3, -0.25) is 4.79 Å². The van der Waals surface area contributed by atoms with E-state index >= 15 is 0 Å². The second kappa shape index (κ2) is 8.53. The molecule has 16 heavy (non-hydrogen) atoms. The number of rotatable bonds is 8. The topological polar surface area (TPSA) is 64.3 Å². The quantitative estimate of drug-likeness (QED) is 0.660. The largest absolute Gasteiger partial charge is 0.369 e. The Morgan fingerprint density at radius 3 is 2.31 bits per heavy atom. The lowest BCUT2D eigenvalue weighted by molar-refractivity contribution is -0.127. The van der Waals surface area contributed by atoms with Gasteiger partial charge in [0.25, 0.3) is 0 Å². The summed E-state index contributed by atoms with van der Waals surface area (Å²) in [6.07, 6.45) is 2.19. The Labute approximate surface area is 98.9 Å². The van der Waals surface area contributed by atoms with Gasteiger partial charge in [0.05, 0.1) is 6.10 Å². The third kappa shape index (κ3) is 6.80. The first-order valence-electron chi connectivity index (χ1n) is 6.15. The van der Waals surface area contributed by atoms with Crippen molar-refractivity contribution in [2.45, 2.75) is 52.7 Å². The third-order valence-corrected chi connectivity index (χ3v) is 2.74. The van der Waals surface area contributed by atoms with E-state index in [9.17, 15) is 4.79 Å². The SMILES string of the molecule is CCC(CC)C(N)CNC(=O)COC(C)C. The highest BCUT2D eigenvalue weighted by molar-refractivity contribution is 5.77. The number of nitrogens with one attached hydrogen (secondary N) is 1. The van der Waals surface area contributed by atoms with E-state index in [2.05, 4.69) is 19.2 Å². The molecule has 3 N–H and O–H groups in total. The van der Waals surface area contributed by atoms with E-state index in [4.69, 9.17) is 10.5 Å². The molecule has 1 unspecified atom stereocenters. The number of amides is 1. The van der Waals surface area contributed by atoms with E-state index in [1.54, 1.807) is 0 Å². The number of hydrogen-bond acceptors (Lipinski definition) is 3. The minimum atomic E-state index is -0.0879. The van der Waals surface area contributed by atoms with Crippen LogP contribution in [0.15, 0.2) is 0 Å². The Hall–Kier alpha value is -0.610. The number of carbonyl (C=O) groups is 1. The van der Waals surface area contributed by atoms with Crippen LogP contribution in [0.1, 0.15) is 40.5 Å². The molecular weight excluding hydrogens is 204 g/mol. The maximum Gasteiger partial charge on any atom is 0.246 e. The summed E-state index contributed by atoms with van der Waals surface area (Å²) in [5.41, 5.74) is 5.99. The van der Waals surface area contributed by atoms with Crippen molar-refractivity contribution in [3.8, 4) is 0 Å². The second-order valence-corrected chi connectivity index (χ2v) is 4.40. The van der Waals surface area contributed by atoms with Gasteiger partial charge in [-0.2, -0.15) is 0 Å². The lowest BCUT2D eigenvalue weighted by atomic mass is 9.95. The van der Waals surface area contributed by atoms with E-state index in [-0.39, 0.29) is 24.7 Å². The summed E-state index contributed by atoms with van der Waals surface area (Å²) in [6, 6.07) is 0.0398. The van der Waals surface area contributed by atoms with Gasteiger partial charge in [-0.15, -0.1) is 0 Å². The summed E-state index contributed by atoms with van der Waals surface area (Å²) in [4.78, 5) is 11.4. The van der Waals surface area contributed by atoms with Crippen molar-refractivity contribution in [3.63, 3.8) is 0 Å². The van der Waals surface area contributed by atoms with E-state index in [1.807, 2.05) is 13.8 Å². The molecule has 0 fully saturated rings. The molecular formula is C12H26N2O2. The molecule has 0 aliphatic rings. The number of ether oxygens (including phenoxy) is 1. The molecule has 0 aliphatic heterocycles. The van der Waals surface area contributed by atoms with Gasteiger partial charge in [0.15, 0.2) is 0 Å². The molecule has 0 heterocycles. The Balaban J connectivity index is 3.73. The van der Waals surface area contributed by atoms with Crippen molar-refractivity contribution in [1.82, 2.24) is 5.32 Å².